The first-order chi connectivity index (χ1) is 32.8. The molecule has 0 aliphatic rings. The molecule has 0 rings (SSSR count). The van der Waals surface area contributed by atoms with Crippen molar-refractivity contribution in [2.24, 2.45) is 0 Å². The molecule has 0 saturated heterocycles. The number of carbonyl (C=O) groups is 11. The van der Waals surface area contributed by atoms with E-state index in [1.807, 2.05) is 0 Å². The van der Waals surface area contributed by atoms with Crippen LogP contribution in [0.15, 0.2) is 0 Å². The lowest BCUT2D eigenvalue weighted by atomic mass is 10.0. The van der Waals surface area contributed by atoms with Crippen LogP contribution in [-0.4, -0.2) is 185 Å². The van der Waals surface area contributed by atoms with E-state index in [-0.39, 0.29) is 37.6 Å². The highest BCUT2D eigenvalue weighted by Crippen LogP contribution is 2.12. The molecule has 15 N–H and O–H groups in total. The largest absolute Gasteiger partial charge is 0.481 e. The van der Waals surface area contributed by atoms with Crippen LogP contribution in [0.5, 0.6) is 0 Å². The Kier molecular flexibility index (Phi) is 34.9. The number of carbonyl (C=O) groups excluding carboxylic acids is 9. The first kappa shape index (κ1) is 63.2. The van der Waals surface area contributed by atoms with Crippen LogP contribution in [0, 0.1) is 0 Å². The van der Waals surface area contributed by atoms with Crippen molar-refractivity contribution in [2.75, 3.05) is 53.1 Å². The number of amides is 8. The van der Waals surface area contributed by atoms with Crippen LogP contribution in [0.25, 0.3) is 0 Å². The summed E-state index contributed by atoms with van der Waals surface area (Å²) in [5.41, 5.74) is 0. The van der Waals surface area contributed by atoms with Gasteiger partial charge in [0.2, 0.25) is 47.3 Å². The number of aliphatic carboxylic acids is 2. The summed E-state index contributed by atoms with van der Waals surface area (Å²) in [5.74, 6) is -9.64. The Balaban J connectivity index is 4.77. The van der Waals surface area contributed by atoms with Crippen molar-refractivity contribution in [2.45, 2.75) is 152 Å². The van der Waals surface area contributed by atoms with Crippen molar-refractivity contribution in [1.82, 2.24) is 47.9 Å². The molecule has 0 aliphatic heterocycles. The number of Topliss-reactive ketones (excluding diaryl/α,β-unsaturated/α-hetero) is 1. The van der Waals surface area contributed by atoms with Gasteiger partial charge in [0, 0.05) is 25.8 Å². The van der Waals surface area contributed by atoms with Gasteiger partial charge in [0.15, 0.2) is 0 Å². The lowest BCUT2D eigenvalue weighted by Crippen LogP contribution is -2.58. The second kappa shape index (κ2) is 38.1. The molecule has 6 atom stereocenters. The third kappa shape index (κ3) is 30.3. The zero-order valence-corrected chi connectivity index (χ0v) is 39.6. The number of aliphatic hydroxyl groups is 4. The van der Waals surface area contributed by atoms with E-state index in [2.05, 4.69) is 47.9 Å². The highest BCUT2D eigenvalue weighted by atomic mass is 16.4. The molecule has 0 heterocycles. The van der Waals surface area contributed by atoms with Gasteiger partial charge in [0.05, 0.1) is 45.6 Å². The zero-order chi connectivity index (χ0) is 52.1. The predicted octanol–water partition coefficient (Wildman–Crippen LogP) is -4.29. The topological polar surface area (TPSA) is 417 Å². The number of hydrogen-bond acceptors (Lipinski definition) is 16. The molecule has 0 unspecified atom stereocenters. The monoisotopic (exact) mass is 990 g/mol. The smallest absolute Gasteiger partial charge is 0.326 e. The number of likely N-dealkylation sites (N-methyl/N-ethyl adjacent to an activating group) is 1. The summed E-state index contributed by atoms with van der Waals surface area (Å²) < 4.78 is 0. The van der Waals surface area contributed by atoms with E-state index in [4.69, 9.17) is 5.11 Å². The predicted molar refractivity (Wildman–Crippen MR) is 244 cm³/mol. The molecule has 0 fully saturated rings. The highest BCUT2D eigenvalue weighted by molar-refractivity contribution is 5.96. The molecule has 0 aromatic heterocycles. The fourth-order valence-electron chi connectivity index (χ4n) is 6.50. The van der Waals surface area contributed by atoms with E-state index in [1.54, 1.807) is 7.05 Å². The van der Waals surface area contributed by atoms with Crippen LogP contribution < -0.4 is 47.9 Å². The summed E-state index contributed by atoms with van der Waals surface area (Å²) in [7, 11) is 1.67. The van der Waals surface area contributed by atoms with Crippen molar-refractivity contribution in [3.05, 3.63) is 0 Å². The van der Waals surface area contributed by atoms with Crippen LogP contribution in [0.4, 0.5) is 0 Å². The molecule has 0 spiro atoms. The maximum absolute atomic E-state index is 12.8. The van der Waals surface area contributed by atoms with Crippen molar-refractivity contribution in [1.29, 1.82) is 0 Å². The van der Waals surface area contributed by atoms with Gasteiger partial charge >= 0.3 is 11.9 Å². The molecule has 69 heavy (non-hydrogen) atoms. The quantitative estimate of drug-likeness (QED) is 0.0258. The zero-order valence-electron chi connectivity index (χ0n) is 39.6. The lowest BCUT2D eigenvalue weighted by Gasteiger charge is -2.22. The van der Waals surface area contributed by atoms with E-state index < -0.39 is 135 Å². The maximum Gasteiger partial charge on any atom is 0.326 e. The van der Waals surface area contributed by atoms with E-state index >= 15 is 0 Å². The lowest BCUT2D eigenvalue weighted by molar-refractivity contribution is -0.142. The minimum Gasteiger partial charge on any atom is -0.481 e. The fourth-order valence-corrected chi connectivity index (χ4v) is 6.50. The SMILES string of the molecule is CN[C@@H](CCCCNC(=O)CNC(=O)[C@H](CO)NC(=O)[C@H](CO)NC(=O)CNC(=O)[C@H](CO)NC(=O)[C@H](CO)NC(=O)CC[C@H](NC(=O)CCCCCCCCCCCCC(=O)O)C(=O)O)C(C)=O. The molecule has 394 valence electrons. The van der Waals surface area contributed by atoms with Crippen molar-refractivity contribution >= 4 is 65.0 Å². The third-order valence-electron chi connectivity index (χ3n) is 10.6. The molecule has 0 saturated carbocycles. The number of rotatable bonds is 41. The summed E-state index contributed by atoms with van der Waals surface area (Å²) in [6.45, 7) is -3.61. The number of unbranched alkanes of at least 4 members (excludes halogenated alkanes) is 10. The number of aliphatic hydroxyl groups excluding tert-OH is 4. The Hall–Kier alpha value is -5.83. The summed E-state index contributed by atoms with van der Waals surface area (Å²) in [6.07, 6.45) is 9.92. The van der Waals surface area contributed by atoms with Crippen molar-refractivity contribution < 1.29 is 83.4 Å². The molecule has 26 nitrogen and oxygen atoms in total. The van der Waals surface area contributed by atoms with Gasteiger partial charge in [-0.25, -0.2) is 4.79 Å². The summed E-state index contributed by atoms with van der Waals surface area (Å²) >= 11 is 0. The van der Waals surface area contributed by atoms with Gasteiger partial charge in [-0.2, -0.15) is 0 Å². The molecular weight excluding hydrogens is 915 g/mol. The van der Waals surface area contributed by atoms with Crippen molar-refractivity contribution in [3.63, 3.8) is 0 Å². The van der Waals surface area contributed by atoms with E-state index in [0.717, 1.165) is 51.4 Å². The van der Waals surface area contributed by atoms with Crippen LogP contribution in [0.3, 0.4) is 0 Å². The van der Waals surface area contributed by atoms with Gasteiger partial charge in [-0.15, -0.1) is 0 Å². The maximum atomic E-state index is 12.8. The second-order valence-corrected chi connectivity index (χ2v) is 16.3. The molecule has 0 radical (unpaired) electrons. The standard InChI is InChI=1S/C43H75N9O17/c1-27(57)28(44-2)15-13-14-20-45-36(60)21-46-39(64)30(23-53)52-42(67)33(26-56)50-37(61)22-47-40(65)31(24-54)51-41(66)32(25-55)49-35(59)19-18-29(43(68)69)48-34(58)16-11-9-7-5-3-4-6-8-10-12-17-38(62)63/h28-33,44,53-56H,3-26H2,1-2H3,(H,45,60)(H,46,64)(H,47,65)(H,48,58)(H,49,59)(H,50,61)(H,51,66)(H,52,67)(H,62,63)(H,68,69)/t28-,29-,30-,31-,32-,33-/m0/s1. The van der Waals surface area contributed by atoms with Crippen LogP contribution >= 0.6 is 0 Å². The van der Waals surface area contributed by atoms with E-state index in [9.17, 15) is 78.3 Å². The molecule has 26 heteroatoms. The molecule has 0 aromatic rings. The van der Waals surface area contributed by atoms with E-state index in [1.165, 1.54) is 6.92 Å². The number of carboxylic acid groups (broad SMARTS) is 2. The average molecular weight is 990 g/mol. The Labute approximate surface area is 401 Å². The normalized spacial score (nSPS) is 13.5. The first-order valence-electron chi connectivity index (χ1n) is 23.2. The summed E-state index contributed by atoms with van der Waals surface area (Å²) in [6, 6.07) is -8.45. The Morgan fingerprint density at radius 2 is 0.797 bits per heavy atom. The average Bonchev–Trinajstić information content (AvgIpc) is 3.31. The molecule has 0 bridgehead atoms. The van der Waals surface area contributed by atoms with Gasteiger partial charge in [0.25, 0.3) is 0 Å². The second-order valence-electron chi connectivity index (χ2n) is 16.3. The summed E-state index contributed by atoms with van der Waals surface area (Å²) in [4.78, 5) is 134. The Bertz CT molecular complexity index is 1650. The molecule has 0 aromatic carbocycles. The van der Waals surface area contributed by atoms with E-state index in [0.29, 0.717) is 32.1 Å². The van der Waals surface area contributed by atoms with Gasteiger partial charge in [0.1, 0.15) is 36.0 Å². The molecule has 0 aliphatic carbocycles. The first-order valence-corrected chi connectivity index (χ1v) is 23.2. The van der Waals surface area contributed by atoms with Gasteiger partial charge in [-0.05, 0) is 52.5 Å². The Morgan fingerprint density at radius 1 is 0.391 bits per heavy atom. The number of nitrogens with one attached hydrogen (secondary N) is 9. The minimum atomic E-state index is -1.73. The highest BCUT2D eigenvalue weighted by Gasteiger charge is 2.29. The number of ketones is 1. The fraction of sp³-hybridized carbons (Fsp3) is 0.744. The van der Waals surface area contributed by atoms with Crippen LogP contribution in [-0.2, 0) is 52.7 Å². The number of hydrogen-bond donors (Lipinski definition) is 15. The van der Waals surface area contributed by atoms with Gasteiger partial charge in [-0.1, -0.05) is 51.4 Å². The summed E-state index contributed by atoms with van der Waals surface area (Å²) in [5, 5.41) is 77.7. The van der Waals surface area contributed by atoms with Crippen LogP contribution in [0.1, 0.15) is 116 Å². The van der Waals surface area contributed by atoms with Gasteiger partial charge < -0.3 is 78.5 Å². The molecule has 8 amide bonds. The number of carboxylic acids is 2. The van der Waals surface area contributed by atoms with Crippen molar-refractivity contribution in [3.8, 4) is 0 Å². The van der Waals surface area contributed by atoms with Crippen LogP contribution in [0.2, 0.25) is 0 Å². The molecular formula is C43H75N9O17. The van der Waals surface area contributed by atoms with Gasteiger partial charge in [-0.3, -0.25) is 47.9 Å². The minimum absolute atomic E-state index is 0.0109. The Morgan fingerprint density at radius 3 is 1.23 bits per heavy atom. The third-order valence-corrected chi connectivity index (χ3v) is 10.6.